The smallest absolute Gasteiger partial charge is 0.312 e. The average molecular weight is 213 g/mol. The first kappa shape index (κ1) is 12.0. The van der Waals surface area contributed by atoms with Gasteiger partial charge in [0.15, 0.2) is 0 Å². The van der Waals surface area contributed by atoms with E-state index in [2.05, 4.69) is 19.2 Å². The molecule has 0 bridgehead atoms. The van der Waals surface area contributed by atoms with Gasteiger partial charge in [-0.3, -0.25) is 9.59 Å². The first-order chi connectivity index (χ1) is 6.89. The number of carboxylic acid groups (broad SMARTS) is 1. The van der Waals surface area contributed by atoms with E-state index in [0.29, 0.717) is 5.41 Å². The summed E-state index contributed by atoms with van der Waals surface area (Å²) in [5.74, 6) is -1.43. The number of rotatable bonds is 3. The summed E-state index contributed by atoms with van der Waals surface area (Å²) in [5.41, 5.74) is 0.369. The van der Waals surface area contributed by atoms with Crippen molar-refractivity contribution in [3.8, 4) is 0 Å². The summed E-state index contributed by atoms with van der Waals surface area (Å²) >= 11 is 0. The maximum Gasteiger partial charge on any atom is 0.312 e. The molecule has 0 aromatic rings. The van der Waals surface area contributed by atoms with Crippen LogP contribution in [0.4, 0.5) is 0 Å². The van der Waals surface area contributed by atoms with Crippen molar-refractivity contribution >= 4 is 11.9 Å². The molecule has 1 saturated carbocycles. The van der Waals surface area contributed by atoms with Crippen LogP contribution in [-0.2, 0) is 9.59 Å². The lowest BCUT2D eigenvalue weighted by Crippen LogP contribution is -2.39. The Morgan fingerprint density at radius 1 is 1.33 bits per heavy atom. The SMILES string of the molecule is CC1(C)CCC(NC(=O)CC(=O)O)CC1. The maximum absolute atomic E-state index is 11.2. The summed E-state index contributed by atoms with van der Waals surface area (Å²) in [6, 6.07) is 0.171. The van der Waals surface area contributed by atoms with Crippen LogP contribution in [0.15, 0.2) is 0 Å². The van der Waals surface area contributed by atoms with Crippen LogP contribution in [0.1, 0.15) is 46.0 Å². The monoisotopic (exact) mass is 213 g/mol. The Morgan fingerprint density at radius 2 is 1.87 bits per heavy atom. The third kappa shape index (κ3) is 4.32. The summed E-state index contributed by atoms with van der Waals surface area (Å²) in [5, 5.41) is 11.2. The highest BCUT2D eigenvalue weighted by Crippen LogP contribution is 2.34. The number of carbonyl (C=O) groups is 2. The molecule has 0 spiro atoms. The van der Waals surface area contributed by atoms with Crippen molar-refractivity contribution in [2.75, 3.05) is 0 Å². The molecule has 1 rings (SSSR count). The average Bonchev–Trinajstić information content (AvgIpc) is 2.07. The first-order valence-corrected chi connectivity index (χ1v) is 5.40. The molecule has 0 unspecified atom stereocenters. The Labute approximate surface area is 90.0 Å². The lowest BCUT2D eigenvalue weighted by Gasteiger charge is -2.34. The minimum absolute atomic E-state index is 0.171. The molecule has 1 fully saturated rings. The maximum atomic E-state index is 11.2. The van der Waals surface area contributed by atoms with E-state index in [4.69, 9.17) is 5.11 Å². The molecule has 0 saturated heterocycles. The van der Waals surface area contributed by atoms with Crippen LogP contribution in [-0.4, -0.2) is 23.0 Å². The molecule has 0 atom stereocenters. The molecule has 0 aromatic carbocycles. The van der Waals surface area contributed by atoms with Gasteiger partial charge in [-0.05, 0) is 31.1 Å². The second-order valence-electron chi connectivity index (χ2n) is 5.08. The second kappa shape index (κ2) is 4.64. The summed E-state index contributed by atoms with van der Waals surface area (Å²) < 4.78 is 0. The van der Waals surface area contributed by atoms with Gasteiger partial charge in [-0.25, -0.2) is 0 Å². The second-order valence-corrected chi connectivity index (χ2v) is 5.08. The number of carbonyl (C=O) groups excluding carboxylic acids is 1. The van der Waals surface area contributed by atoms with Crippen molar-refractivity contribution in [1.29, 1.82) is 0 Å². The molecule has 1 amide bonds. The molecule has 0 aromatic heterocycles. The van der Waals surface area contributed by atoms with Gasteiger partial charge in [-0.2, -0.15) is 0 Å². The van der Waals surface area contributed by atoms with Crippen LogP contribution >= 0.6 is 0 Å². The third-order valence-corrected chi connectivity index (χ3v) is 3.02. The minimum atomic E-state index is -1.07. The predicted octanol–water partition coefficient (Wildman–Crippen LogP) is 1.55. The quantitative estimate of drug-likeness (QED) is 0.699. The molecule has 2 N–H and O–H groups in total. The number of nitrogens with one attached hydrogen (secondary N) is 1. The molecular formula is C11H19NO3. The van der Waals surface area contributed by atoms with Gasteiger partial charge in [0.25, 0.3) is 0 Å². The molecule has 15 heavy (non-hydrogen) atoms. The molecule has 86 valence electrons. The highest BCUT2D eigenvalue weighted by atomic mass is 16.4. The predicted molar refractivity (Wildman–Crippen MR) is 56.4 cm³/mol. The normalized spacial score (nSPS) is 20.9. The number of hydrogen-bond donors (Lipinski definition) is 2. The lowest BCUT2D eigenvalue weighted by molar-refractivity contribution is -0.141. The van der Waals surface area contributed by atoms with Crippen LogP contribution in [0.3, 0.4) is 0 Å². The van der Waals surface area contributed by atoms with Gasteiger partial charge >= 0.3 is 5.97 Å². The summed E-state index contributed by atoms with van der Waals surface area (Å²) in [6.07, 6.45) is 3.67. The fraction of sp³-hybridized carbons (Fsp3) is 0.818. The van der Waals surface area contributed by atoms with E-state index in [1.165, 1.54) is 0 Å². The van der Waals surface area contributed by atoms with Gasteiger partial charge in [0.05, 0.1) is 0 Å². The number of carboxylic acids is 1. The van der Waals surface area contributed by atoms with Gasteiger partial charge in [0.1, 0.15) is 6.42 Å². The fourth-order valence-electron chi connectivity index (χ4n) is 1.96. The lowest BCUT2D eigenvalue weighted by atomic mass is 9.75. The Kier molecular flexibility index (Phi) is 3.72. The first-order valence-electron chi connectivity index (χ1n) is 5.40. The number of aliphatic carboxylic acids is 1. The van der Waals surface area contributed by atoms with E-state index in [1.54, 1.807) is 0 Å². The van der Waals surface area contributed by atoms with Crippen molar-refractivity contribution in [1.82, 2.24) is 5.32 Å². The van der Waals surface area contributed by atoms with Crippen molar-refractivity contribution in [2.45, 2.75) is 52.0 Å². The van der Waals surface area contributed by atoms with Gasteiger partial charge in [-0.1, -0.05) is 13.8 Å². The van der Waals surface area contributed by atoms with E-state index < -0.39 is 12.4 Å². The summed E-state index contributed by atoms with van der Waals surface area (Å²) in [4.78, 5) is 21.5. The van der Waals surface area contributed by atoms with E-state index in [0.717, 1.165) is 25.7 Å². The Bertz CT molecular complexity index is 251. The molecule has 0 radical (unpaired) electrons. The van der Waals surface area contributed by atoms with E-state index in [1.807, 2.05) is 0 Å². The molecule has 4 heteroatoms. The van der Waals surface area contributed by atoms with Crippen LogP contribution in [0.5, 0.6) is 0 Å². The molecule has 1 aliphatic rings. The fourth-order valence-corrected chi connectivity index (χ4v) is 1.96. The molecular weight excluding hydrogens is 194 g/mol. The molecule has 0 aliphatic heterocycles. The Morgan fingerprint density at radius 3 is 2.33 bits per heavy atom. The number of amides is 1. The standard InChI is InChI=1S/C11H19NO3/c1-11(2)5-3-8(4-6-11)12-9(13)7-10(14)15/h8H,3-7H2,1-2H3,(H,12,13)(H,14,15). The zero-order chi connectivity index (χ0) is 11.5. The van der Waals surface area contributed by atoms with Crippen molar-refractivity contribution in [3.05, 3.63) is 0 Å². The van der Waals surface area contributed by atoms with Crippen LogP contribution in [0.25, 0.3) is 0 Å². The minimum Gasteiger partial charge on any atom is -0.481 e. The van der Waals surface area contributed by atoms with Gasteiger partial charge in [0, 0.05) is 6.04 Å². The Balaban J connectivity index is 2.29. The van der Waals surface area contributed by atoms with E-state index in [9.17, 15) is 9.59 Å². The third-order valence-electron chi connectivity index (χ3n) is 3.02. The van der Waals surface area contributed by atoms with Gasteiger partial charge < -0.3 is 10.4 Å². The highest BCUT2D eigenvalue weighted by Gasteiger charge is 2.27. The van der Waals surface area contributed by atoms with Crippen LogP contribution < -0.4 is 5.32 Å². The Hall–Kier alpha value is -1.06. The summed E-state index contributed by atoms with van der Waals surface area (Å²) in [7, 11) is 0. The zero-order valence-electron chi connectivity index (χ0n) is 9.38. The van der Waals surface area contributed by atoms with Gasteiger partial charge in [-0.15, -0.1) is 0 Å². The largest absolute Gasteiger partial charge is 0.481 e. The zero-order valence-corrected chi connectivity index (χ0v) is 9.38. The molecule has 1 aliphatic carbocycles. The highest BCUT2D eigenvalue weighted by molar-refractivity contribution is 5.93. The van der Waals surface area contributed by atoms with Crippen LogP contribution in [0.2, 0.25) is 0 Å². The van der Waals surface area contributed by atoms with Crippen LogP contribution in [0, 0.1) is 5.41 Å². The number of hydrogen-bond acceptors (Lipinski definition) is 2. The molecule has 4 nitrogen and oxygen atoms in total. The van der Waals surface area contributed by atoms with E-state index in [-0.39, 0.29) is 11.9 Å². The molecule has 0 heterocycles. The van der Waals surface area contributed by atoms with E-state index >= 15 is 0 Å². The van der Waals surface area contributed by atoms with Crippen molar-refractivity contribution < 1.29 is 14.7 Å². The summed E-state index contributed by atoms with van der Waals surface area (Å²) in [6.45, 7) is 4.45. The topological polar surface area (TPSA) is 66.4 Å². The van der Waals surface area contributed by atoms with Crippen molar-refractivity contribution in [2.24, 2.45) is 5.41 Å². The van der Waals surface area contributed by atoms with Gasteiger partial charge in [0.2, 0.25) is 5.91 Å². The van der Waals surface area contributed by atoms with Crippen molar-refractivity contribution in [3.63, 3.8) is 0 Å².